The lowest BCUT2D eigenvalue weighted by Crippen LogP contribution is -2.36. The summed E-state index contributed by atoms with van der Waals surface area (Å²) in [6.07, 6.45) is 12.4. The molecule has 3 nitrogen and oxygen atoms in total. The number of carbonyl (C=O) groups excluding carboxylic acids is 1. The number of rotatable bonds is 9. The first-order valence-electron chi connectivity index (χ1n) is 9.98. The number of esters is 1. The molecule has 138 valence electrons. The molecule has 2 heterocycles. The van der Waals surface area contributed by atoms with E-state index >= 15 is 0 Å². The van der Waals surface area contributed by atoms with Crippen LogP contribution in [0.3, 0.4) is 0 Å². The summed E-state index contributed by atoms with van der Waals surface area (Å²) < 4.78 is 12.2. The second-order valence-electron chi connectivity index (χ2n) is 7.97. The van der Waals surface area contributed by atoms with Gasteiger partial charge in [-0.25, -0.2) is 0 Å². The second kappa shape index (κ2) is 8.03. The Morgan fingerprint density at radius 2 is 2.00 bits per heavy atom. The minimum atomic E-state index is -0.362. The van der Waals surface area contributed by atoms with Gasteiger partial charge >= 0.3 is 5.97 Å². The third-order valence-electron chi connectivity index (χ3n) is 6.11. The third-order valence-corrected chi connectivity index (χ3v) is 6.11. The molecule has 0 aliphatic carbocycles. The first-order valence-corrected chi connectivity index (χ1v) is 9.98. The molecule has 0 saturated carbocycles. The lowest BCUT2D eigenvalue weighted by atomic mass is 9.78. The Hall–Kier alpha value is -0.830. The number of fused-ring (bicyclic) bond motifs is 1. The molecule has 0 aromatic carbocycles. The average Bonchev–Trinajstić information content (AvgIpc) is 3.01. The van der Waals surface area contributed by atoms with Crippen LogP contribution < -0.4 is 0 Å². The largest absolute Gasteiger partial charge is 0.456 e. The zero-order valence-corrected chi connectivity index (χ0v) is 16.3. The normalized spacial score (nSPS) is 35.2. The quantitative estimate of drug-likeness (QED) is 0.416. The summed E-state index contributed by atoms with van der Waals surface area (Å²) in [6, 6.07) is 0. The van der Waals surface area contributed by atoms with Crippen molar-refractivity contribution in [2.24, 2.45) is 11.8 Å². The smallest absolute Gasteiger partial charge is 0.309 e. The van der Waals surface area contributed by atoms with Gasteiger partial charge in [0.15, 0.2) is 0 Å². The van der Waals surface area contributed by atoms with E-state index in [1.807, 2.05) is 0 Å². The van der Waals surface area contributed by atoms with E-state index in [9.17, 15) is 4.79 Å². The Bertz CT molecular complexity index is 458. The van der Waals surface area contributed by atoms with Crippen molar-refractivity contribution in [2.75, 3.05) is 0 Å². The molecule has 2 aliphatic rings. The van der Waals surface area contributed by atoms with Crippen molar-refractivity contribution in [2.45, 2.75) is 103 Å². The predicted molar refractivity (Wildman–Crippen MR) is 97.9 cm³/mol. The molecule has 0 bridgehead atoms. The minimum Gasteiger partial charge on any atom is -0.456 e. The number of carbonyl (C=O) groups is 1. The van der Waals surface area contributed by atoms with Gasteiger partial charge in [0, 0.05) is 6.42 Å². The summed E-state index contributed by atoms with van der Waals surface area (Å²) in [5, 5.41) is 0. The van der Waals surface area contributed by atoms with Crippen LogP contribution in [-0.4, -0.2) is 23.3 Å². The van der Waals surface area contributed by atoms with Crippen LogP contribution >= 0.6 is 0 Å². The fourth-order valence-electron chi connectivity index (χ4n) is 4.70. The second-order valence-corrected chi connectivity index (χ2v) is 7.97. The van der Waals surface area contributed by atoms with Gasteiger partial charge in [0.2, 0.25) is 0 Å². The summed E-state index contributed by atoms with van der Waals surface area (Å²) >= 11 is 0. The fraction of sp³-hybridized carbons (Fsp3) is 0.857. The van der Waals surface area contributed by atoms with E-state index in [-0.39, 0.29) is 23.3 Å². The lowest BCUT2D eigenvalue weighted by Gasteiger charge is -2.33. The Kier molecular flexibility index (Phi) is 6.52. The fourth-order valence-corrected chi connectivity index (χ4v) is 4.70. The van der Waals surface area contributed by atoms with Gasteiger partial charge in [-0.1, -0.05) is 46.8 Å². The summed E-state index contributed by atoms with van der Waals surface area (Å²) in [6.45, 7) is 11.1. The maximum atomic E-state index is 11.7. The van der Waals surface area contributed by atoms with Crippen molar-refractivity contribution in [3.05, 3.63) is 12.2 Å². The van der Waals surface area contributed by atoms with Gasteiger partial charge in [0.05, 0.1) is 12.0 Å². The SMILES string of the molecule is CC/C=C/C(CC)CC(C)C[C@@]1(CC)C[C@]2(CC)OC(=O)C[C@@H]2O1. The van der Waals surface area contributed by atoms with Crippen LogP contribution in [0.2, 0.25) is 0 Å². The van der Waals surface area contributed by atoms with E-state index in [1.165, 1.54) is 12.8 Å². The monoisotopic (exact) mass is 336 g/mol. The third kappa shape index (κ3) is 4.04. The van der Waals surface area contributed by atoms with Gasteiger partial charge in [0.25, 0.3) is 0 Å². The first kappa shape index (κ1) is 19.5. The number of allylic oxidation sites excluding steroid dienone is 2. The van der Waals surface area contributed by atoms with Crippen molar-refractivity contribution < 1.29 is 14.3 Å². The maximum Gasteiger partial charge on any atom is 0.309 e. The minimum absolute atomic E-state index is 0.0379. The standard InChI is InChI=1S/C21H36O3/c1-6-10-11-17(7-2)12-16(5)14-20(8-3)15-21(9-4)18(23-20)13-19(22)24-21/h10-11,16-18H,6-9,12-15H2,1-5H3/b11-10+/t16?,17?,18-,20-,21-/m0/s1. The molecule has 0 spiro atoms. The highest BCUT2D eigenvalue weighted by atomic mass is 16.6. The molecule has 2 fully saturated rings. The van der Waals surface area contributed by atoms with Crippen LogP contribution in [0.25, 0.3) is 0 Å². The maximum absolute atomic E-state index is 11.7. The van der Waals surface area contributed by atoms with Crippen LogP contribution in [-0.2, 0) is 14.3 Å². The first-order chi connectivity index (χ1) is 11.4. The topological polar surface area (TPSA) is 35.5 Å². The molecule has 0 amide bonds. The van der Waals surface area contributed by atoms with Gasteiger partial charge in [-0.3, -0.25) is 4.79 Å². The van der Waals surface area contributed by atoms with Crippen molar-refractivity contribution in [1.29, 1.82) is 0 Å². The lowest BCUT2D eigenvalue weighted by molar-refractivity contribution is -0.149. The van der Waals surface area contributed by atoms with E-state index in [4.69, 9.17) is 9.47 Å². The van der Waals surface area contributed by atoms with E-state index < -0.39 is 0 Å². The zero-order chi connectivity index (χ0) is 17.8. The van der Waals surface area contributed by atoms with Crippen LogP contribution in [0.1, 0.15) is 86.0 Å². The Balaban J connectivity index is 2.02. The predicted octanol–water partition coefficient (Wildman–Crippen LogP) is 5.43. The molecule has 0 N–H and O–H groups in total. The van der Waals surface area contributed by atoms with Crippen molar-refractivity contribution in [3.8, 4) is 0 Å². The molecule has 5 atom stereocenters. The molecule has 0 aromatic heterocycles. The highest BCUT2D eigenvalue weighted by Gasteiger charge is 2.60. The van der Waals surface area contributed by atoms with Gasteiger partial charge in [0.1, 0.15) is 11.7 Å². The summed E-state index contributed by atoms with van der Waals surface area (Å²) in [5.74, 6) is 1.18. The summed E-state index contributed by atoms with van der Waals surface area (Å²) in [4.78, 5) is 11.7. The van der Waals surface area contributed by atoms with Crippen LogP contribution in [0.4, 0.5) is 0 Å². The van der Waals surface area contributed by atoms with Crippen LogP contribution in [0.15, 0.2) is 12.2 Å². The Morgan fingerprint density at radius 3 is 2.54 bits per heavy atom. The Labute approximate surface area is 148 Å². The van der Waals surface area contributed by atoms with Crippen LogP contribution in [0, 0.1) is 11.8 Å². The van der Waals surface area contributed by atoms with E-state index in [0.717, 1.165) is 32.1 Å². The molecular formula is C21H36O3. The van der Waals surface area contributed by atoms with E-state index in [0.29, 0.717) is 18.3 Å². The van der Waals surface area contributed by atoms with E-state index in [1.54, 1.807) is 0 Å². The van der Waals surface area contributed by atoms with Gasteiger partial charge in [-0.2, -0.15) is 0 Å². The van der Waals surface area contributed by atoms with Gasteiger partial charge < -0.3 is 9.47 Å². The van der Waals surface area contributed by atoms with Gasteiger partial charge in [-0.15, -0.1) is 0 Å². The van der Waals surface area contributed by atoms with Crippen LogP contribution in [0.5, 0.6) is 0 Å². The molecule has 2 saturated heterocycles. The van der Waals surface area contributed by atoms with Crippen molar-refractivity contribution in [1.82, 2.24) is 0 Å². The molecule has 3 heteroatoms. The summed E-state index contributed by atoms with van der Waals surface area (Å²) in [7, 11) is 0. The van der Waals surface area contributed by atoms with Crippen molar-refractivity contribution in [3.63, 3.8) is 0 Å². The molecule has 24 heavy (non-hydrogen) atoms. The highest BCUT2D eigenvalue weighted by molar-refractivity contribution is 5.73. The van der Waals surface area contributed by atoms with E-state index in [2.05, 4.69) is 46.8 Å². The molecule has 0 aromatic rings. The average molecular weight is 337 g/mol. The molecule has 2 unspecified atom stereocenters. The number of hydrogen-bond donors (Lipinski definition) is 0. The summed E-state index contributed by atoms with van der Waals surface area (Å²) in [5.41, 5.74) is -0.480. The van der Waals surface area contributed by atoms with Gasteiger partial charge in [-0.05, 0) is 50.4 Å². The highest BCUT2D eigenvalue weighted by Crippen LogP contribution is 2.51. The van der Waals surface area contributed by atoms with Crippen molar-refractivity contribution >= 4 is 5.97 Å². The Morgan fingerprint density at radius 1 is 1.25 bits per heavy atom. The molecule has 2 rings (SSSR count). The molecular weight excluding hydrogens is 300 g/mol. The zero-order valence-electron chi connectivity index (χ0n) is 16.3. The molecule has 0 radical (unpaired) electrons. The number of hydrogen-bond acceptors (Lipinski definition) is 3. The number of ether oxygens (including phenoxy) is 2. The molecule has 2 aliphatic heterocycles.